The number of amides is 3. The van der Waals surface area contributed by atoms with Crippen LogP contribution in [0, 0.1) is 0 Å². The molecule has 0 bridgehead atoms. The van der Waals surface area contributed by atoms with Crippen molar-refractivity contribution in [1.82, 2.24) is 19.4 Å². The Bertz CT molecular complexity index is 851. The van der Waals surface area contributed by atoms with Crippen LogP contribution in [0.4, 0.5) is 4.79 Å². The topological polar surface area (TPSA) is 108 Å². The van der Waals surface area contributed by atoms with Gasteiger partial charge in [-0.25, -0.2) is 13.2 Å². The first kappa shape index (κ1) is 20.4. The van der Waals surface area contributed by atoms with E-state index in [-0.39, 0.29) is 36.5 Å². The normalized spacial score (nSPS) is 18.8. The number of rotatable bonds is 6. The average Bonchev–Trinajstić information content (AvgIpc) is 3.13. The number of sulfonamides is 1. The number of hydrogen-bond donors (Lipinski definition) is 1. The molecular weight excluding hydrogens is 388 g/mol. The number of hydrogen-bond acceptors (Lipinski definition) is 7. The SMILES string of the molecule is COc1ccc(S(=O)(=O)N2CCN(CC(=O)N3CCNC3=O)CC2)cc1OC. The summed E-state index contributed by atoms with van der Waals surface area (Å²) in [7, 11) is -0.751. The van der Waals surface area contributed by atoms with Crippen molar-refractivity contribution in [3.05, 3.63) is 18.2 Å². The van der Waals surface area contributed by atoms with Gasteiger partial charge in [-0.05, 0) is 12.1 Å². The second kappa shape index (κ2) is 8.33. The Hall–Kier alpha value is -2.37. The van der Waals surface area contributed by atoms with Gasteiger partial charge in [0.1, 0.15) is 0 Å². The summed E-state index contributed by atoms with van der Waals surface area (Å²) in [4.78, 5) is 27.0. The van der Waals surface area contributed by atoms with Crippen molar-refractivity contribution in [2.75, 3.05) is 60.0 Å². The molecule has 2 heterocycles. The van der Waals surface area contributed by atoms with Gasteiger partial charge < -0.3 is 14.8 Å². The monoisotopic (exact) mass is 412 g/mol. The minimum absolute atomic E-state index is 0.0949. The number of benzene rings is 1. The maximum Gasteiger partial charge on any atom is 0.324 e. The number of methoxy groups -OCH3 is 2. The number of ether oxygens (including phenoxy) is 2. The number of urea groups is 1. The number of carbonyl (C=O) groups excluding carboxylic acids is 2. The quantitative estimate of drug-likeness (QED) is 0.675. The fourth-order valence-electron chi connectivity index (χ4n) is 3.24. The lowest BCUT2D eigenvalue weighted by Crippen LogP contribution is -2.51. The standard InChI is InChI=1S/C17H24N4O6S/c1-26-14-4-3-13(11-15(14)27-2)28(24,25)20-9-7-19(8-10-20)12-16(22)21-6-5-18-17(21)23/h3-4,11H,5-10,12H2,1-2H3,(H,18,23). The summed E-state index contributed by atoms with van der Waals surface area (Å²) < 4.78 is 37.6. The van der Waals surface area contributed by atoms with Gasteiger partial charge in [0.05, 0.1) is 25.7 Å². The molecule has 0 saturated carbocycles. The van der Waals surface area contributed by atoms with E-state index < -0.39 is 10.0 Å². The number of imide groups is 1. The Balaban J connectivity index is 1.62. The third kappa shape index (κ3) is 4.05. The molecule has 28 heavy (non-hydrogen) atoms. The molecule has 0 spiro atoms. The van der Waals surface area contributed by atoms with Gasteiger partial charge in [-0.1, -0.05) is 0 Å². The van der Waals surface area contributed by atoms with Gasteiger partial charge in [0.25, 0.3) is 0 Å². The smallest absolute Gasteiger partial charge is 0.324 e. The molecule has 154 valence electrons. The molecule has 0 atom stereocenters. The van der Waals surface area contributed by atoms with Crippen molar-refractivity contribution < 1.29 is 27.5 Å². The van der Waals surface area contributed by atoms with Crippen molar-refractivity contribution in [3.8, 4) is 11.5 Å². The minimum atomic E-state index is -3.68. The molecule has 10 nitrogen and oxygen atoms in total. The zero-order valence-electron chi connectivity index (χ0n) is 15.9. The summed E-state index contributed by atoms with van der Waals surface area (Å²) >= 11 is 0. The first-order valence-corrected chi connectivity index (χ1v) is 10.3. The maximum atomic E-state index is 12.9. The van der Waals surface area contributed by atoms with Crippen molar-refractivity contribution in [2.24, 2.45) is 0 Å². The lowest BCUT2D eigenvalue weighted by molar-refractivity contribution is -0.129. The highest BCUT2D eigenvalue weighted by atomic mass is 32.2. The van der Waals surface area contributed by atoms with Crippen LogP contribution < -0.4 is 14.8 Å². The summed E-state index contributed by atoms with van der Waals surface area (Å²) in [6.45, 7) is 2.26. The Morgan fingerprint density at radius 1 is 1.07 bits per heavy atom. The zero-order chi connectivity index (χ0) is 20.3. The third-order valence-corrected chi connectivity index (χ3v) is 6.74. The molecule has 2 aliphatic rings. The van der Waals surface area contributed by atoms with Crippen molar-refractivity contribution in [3.63, 3.8) is 0 Å². The first-order valence-electron chi connectivity index (χ1n) is 8.89. The Kier molecular flexibility index (Phi) is 6.06. The summed E-state index contributed by atoms with van der Waals surface area (Å²) in [6.07, 6.45) is 0. The van der Waals surface area contributed by atoms with Crippen LogP contribution in [-0.2, 0) is 14.8 Å². The molecule has 0 aromatic heterocycles. The third-order valence-electron chi connectivity index (χ3n) is 4.84. The van der Waals surface area contributed by atoms with Crippen molar-refractivity contribution in [2.45, 2.75) is 4.90 Å². The van der Waals surface area contributed by atoms with Gasteiger partial charge in [-0.2, -0.15) is 4.31 Å². The molecule has 0 unspecified atom stereocenters. The van der Waals surface area contributed by atoms with Crippen molar-refractivity contribution in [1.29, 1.82) is 0 Å². The van der Waals surface area contributed by atoms with Gasteiger partial charge in [0.15, 0.2) is 11.5 Å². The van der Waals surface area contributed by atoms with Crippen LogP contribution in [-0.4, -0.2) is 94.5 Å². The van der Waals surface area contributed by atoms with E-state index in [9.17, 15) is 18.0 Å². The molecule has 2 fully saturated rings. The van der Waals surface area contributed by atoms with E-state index >= 15 is 0 Å². The van der Waals surface area contributed by atoms with Gasteiger partial charge >= 0.3 is 6.03 Å². The predicted octanol–water partition coefficient (Wildman–Crippen LogP) is -0.438. The van der Waals surface area contributed by atoms with Crippen molar-refractivity contribution >= 4 is 22.0 Å². The molecule has 0 radical (unpaired) electrons. The first-order chi connectivity index (χ1) is 13.4. The van der Waals surface area contributed by atoms with Crippen LogP contribution >= 0.6 is 0 Å². The van der Waals surface area contributed by atoms with E-state index in [0.717, 1.165) is 0 Å². The second-order valence-corrected chi connectivity index (χ2v) is 8.41. The molecule has 3 rings (SSSR count). The number of piperazine rings is 1. The van der Waals surface area contributed by atoms with Crippen LogP contribution in [0.3, 0.4) is 0 Å². The summed E-state index contributed by atoms with van der Waals surface area (Å²) in [6, 6.07) is 4.11. The molecule has 2 saturated heterocycles. The summed E-state index contributed by atoms with van der Waals surface area (Å²) in [5, 5.41) is 2.59. The van der Waals surface area contributed by atoms with E-state index in [1.807, 2.05) is 4.90 Å². The van der Waals surface area contributed by atoms with Gasteiger partial charge in [0.2, 0.25) is 15.9 Å². The van der Waals surface area contributed by atoms with Crippen LogP contribution in [0.1, 0.15) is 0 Å². The number of carbonyl (C=O) groups is 2. The van der Waals surface area contributed by atoms with E-state index in [1.165, 1.54) is 35.6 Å². The molecule has 1 N–H and O–H groups in total. The maximum absolute atomic E-state index is 12.9. The zero-order valence-corrected chi connectivity index (χ0v) is 16.7. The molecular formula is C17H24N4O6S. The van der Waals surface area contributed by atoms with Gasteiger partial charge in [0, 0.05) is 45.3 Å². The van der Waals surface area contributed by atoms with Crippen LogP contribution in [0.15, 0.2) is 23.1 Å². The molecule has 1 aromatic rings. The van der Waals surface area contributed by atoms with Crippen LogP contribution in [0.5, 0.6) is 11.5 Å². The minimum Gasteiger partial charge on any atom is -0.493 e. The highest BCUT2D eigenvalue weighted by Gasteiger charge is 2.32. The Labute approximate surface area is 164 Å². The van der Waals surface area contributed by atoms with E-state index in [2.05, 4.69) is 5.32 Å². The molecule has 1 aromatic carbocycles. The predicted molar refractivity (Wildman–Crippen MR) is 99.9 cm³/mol. The summed E-state index contributed by atoms with van der Waals surface area (Å²) in [5.41, 5.74) is 0. The molecule has 3 amide bonds. The van der Waals surface area contributed by atoms with E-state index in [1.54, 1.807) is 6.07 Å². The lowest BCUT2D eigenvalue weighted by Gasteiger charge is -2.34. The van der Waals surface area contributed by atoms with Gasteiger partial charge in [-0.15, -0.1) is 0 Å². The van der Waals surface area contributed by atoms with Crippen LogP contribution in [0.25, 0.3) is 0 Å². The van der Waals surface area contributed by atoms with E-state index in [0.29, 0.717) is 37.7 Å². The van der Waals surface area contributed by atoms with Gasteiger partial charge in [-0.3, -0.25) is 14.6 Å². The Morgan fingerprint density at radius 3 is 2.32 bits per heavy atom. The average molecular weight is 412 g/mol. The second-order valence-electron chi connectivity index (χ2n) is 6.47. The molecule has 11 heteroatoms. The highest BCUT2D eigenvalue weighted by Crippen LogP contribution is 2.30. The van der Waals surface area contributed by atoms with Crippen LogP contribution in [0.2, 0.25) is 0 Å². The number of nitrogens with one attached hydrogen (secondary N) is 1. The van der Waals surface area contributed by atoms with E-state index in [4.69, 9.17) is 9.47 Å². The summed E-state index contributed by atoms with van der Waals surface area (Å²) in [5.74, 6) is 0.527. The number of nitrogens with zero attached hydrogens (tertiary/aromatic N) is 3. The molecule has 2 aliphatic heterocycles. The molecule has 0 aliphatic carbocycles. The lowest BCUT2D eigenvalue weighted by atomic mass is 10.3. The largest absolute Gasteiger partial charge is 0.493 e. The fourth-order valence-corrected chi connectivity index (χ4v) is 4.68. The highest BCUT2D eigenvalue weighted by molar-refractivity contribution is 7.89. The Morgan fingerprint density at radius 2 is 1.75 bits per heavy atom. The fraction of sp³-hybridized carbons (Fsp3) is 0.529.